The summed E-state index contributed by atoms with van der Waals surface area (Å²) in [5.41, 5.74) is 4.38. The zero-order valence-electron chi connectivity index (χ0n) is 11.9. The molecule has 0 spiro atoms. The van der Waals surface area contributed by atoms with Gasteiger partial charge in [-0.05, 0) is 30.5 Å². The number of furan rings is 1. The van der Waals surface area contributed by atoms with Gasteiger partial charge in [-0.25, -0.2) is 5.43 Å². The topological polar surface area (TPSA) is 54.6 Å². The van der Waals surface area contributed by atoms with Gasteiger partial charge in [-0.15, -0.1) is 0 Å². The third-order valence-electron chi connectivity index (χ3n) is 2.86. The molecule has 0 fully saturated rings. The maximum absolute atomic E-state index is 11.9. The van der Waals surface area contributed by atoms with Gasteiger partial charge in [0.2, 0.25) is 0 Å². The van der Waals surface area contributed by atoms with E-state index < -0.39 is 0 Å². The van der Waals surface area contributed by atoms with E-state index in [0.717, 1.165) is 11.3 Å². The van der Waals surface area contributed by atoms with Gasteiger partial charge < -0.3 is 4.42 Å². The van der Waals surface area contributed by atoms with Crippen molar-refractivity contribution in [3.05, 3.63) is 59.5 Å². The molecule has 1 N–H and O–H groups in total. The highest BCUT2D eigenvalue weighted by Gasteiger charge is 2.12. The van der Waals surface area contributed by atoms with Gasteiger partial charge in [-0.3, -0.25) is 4.79 Å². The molecule has 0 bridgehead atoms. The van der Waals surface area contributed by atoms with Crippen LogP contribution in [0.3, 0.4) is 0 Å². The molecule has 1 aromatic heterocycles. The Morgan fingerprint density at radius 3 is 2.40 bits per heavy atom. The molecular formula is C16H18N2O2. The van der Waals surface area contributed by atoms with E-state index in [0.29, 0.717) is 5.76 Å². The lowest BCUT2D eigenvalue weighted by Crippen LogP contribution is -2.21. The molecule has 2 rings (SSSR count). The first kappa shape index (κ1) is 14.1. The number of carbonyl (C=O) groups is 1. The van der Waals surface area contributed by atoms with Crippen LogP contribution in [0.4, 0.5) is 0 Å². The number of nitrogens with one attached hydrogen (secondary N) is 1. The first-order valence-corrected chi connectivity index (χ1v) is 6.57. The van der Waals surface area contributed by atoms with Gasteiger partial charge in [0.1, 0.15) is 5.76 Å². The summed E-state index contributed by atoms with van der Waals surface area (Å²) >= 11 is 0. The standard InChI is InChI=1S/C16H18N2O2/c1-11(2)15(13-7-5-4-6-8-13)17-18-16(19)14-10-9-12(3)20-14/h4-11H,1-3H3,(H,18,19). The Hall–Kier alpha value is -2.36. The molecule has 0 unspecified atom stereocenters. The van der Waals surface area contributed by atoms with Crippen molar-refractivity contribution in [3.63, 3.8) is 0 Å². The number of hydrazone groups is 1. The van der Waals surface area contributed by atoms with Gasteiger partial charge in [0.05, 0.1) is 5.71 Å². The van der Waals surface area contributed by atoms with Crippen LogP contribution in [-0.4, -0.2) is 11.6 Å². The molecule has 4 nitrogen and oxygen atoms in total. The fourth-order valence-corrected chi connectivity index (χ4v) is 1.86. The van der Waals surface area contributed by atoms with Crippen molar-refractivity contribution < 1.29 is 9.21 Å². The molecule has 0 saturated carbocycles. The van der Waals surface area contributed by atoms with Gasteiger partial charge in [-0.1, -0.05) is 44.2 Å². The third kappa shape index (κ3) is 3.35. The molecular weight excluding hydrogens is 252 g/mol. The average Bonchev–Trinajstić information content (AvgIpc) is 2.86. The summed E-state index contributed by atoms with van der Waals surface area (Å²) in [5, 5.41) is 4.24. The van der Waals surface area contributed by atoms with Crippen molar-refractivity contribution in [3.8, 4) is 0 Å². The molecule has 1 aromatic carbocycles. The van der Waals surface area contributed by atoms with Crippen LogP contribution in [0.5, 0.6) is 0 Å². The van der Waals surface area contributed by atoms with Crippen LogP contribution >= 0.6 is 0 Å². The van der Waals surface area contributed by atoms with E-state index in [1.807, 2.05) is 44.2 Å². The van der Waals surface area contributed by atoms with Crippen LogP contribution in [0.25, 0.3) is 0 Å². The molecule has 0 aliphatic rings. The summed E-state index contributed by atoms with van der Waals surface area (Å²) in [6.45, 7) is 5.87. The summed E-state index contributed by atoms with van der Waals surface area (Å²) < 4.78 is 5.26. The van der Waals surface area contributed by atoms with Crippen molar-refractivity contribution in [1.29, 1.82) is 0 Å². The van der Waals surface area contributed by atoms with E-state index >= 15 is 0 Å². The summed E-state index contributed by atoms with van der Waals surface area (Å²) in [5.74, 6) is 0.830. The van der Waals surface area contributed by atoms with E-state index in [9.17, 15) is 4.79 Å². The van der Waals surface area contributed by atoms with E-state index in [1.54, 1.807) is 19.1 Å². The summed E-state index contributed by atoms with van der Waals surface area (Å²) in [6.07, 6.45) is 0. The highest BCUT2D eigenvalue weighted by Crippen LogP contribution is 2.10. The summed E-state index contributed by atoms with van der Waals surface area (Å²) in [6, 6.07) is 13.2. The summed E-state index contributed by atoms with van der Waals surface area (Å²) in [4.78, 5) is 11.9. The zero-order valence-corrected chi connectivity index (χ0v) is 11.9. The fraction of sp³-hybridized carbons (Fsp3) is 0.250. The molecule has 0 saturated heterocycles. The molecule has 104 valence electrons. The van der Waals surface area contributed by atoms with Gasteiger partial charge >= 0.3 is 5.91 Å². The van der Waals surface area contributed by atoms with Crippen molar-refractivity contribution in [2.24, 2.45) is 11.0 Å². The van der Waals surface area contributed by atoms with Gasteiger partial charge in [0.15, 0.2) is 5.76 Å². The normalized spacial score (nSPS) is 11.7. The van der Waals surface area contributed by atoms with Crippen molar-refractivity contribution >= 4 is 11.6 Å². The lowest BCUT2D eigenvalue weighted by Gasteiger charge is -2.10. The molecule has 2 aromatic rings. The quantitative estimate of drug-likeness (QED) is 0.684. The maximum Gasteiger partial charge on any atom is 0.307 e. The molecule has 4 heteroatoms. The van der Waals surface area contributed by atoms with E-state index in [4.69, 9.17) is 4.42 Å². The molecule has 0 aliphatic heterocycles. The van der Waals surface area contributed by atoms with Crippen molar-refractivity contribution in [1.82, 2.24) is 5.43 Å². The first-order valence-electron chi connectivity index (χ1n) is 6.57. The van der Waals surface area contributed by atoms with Crippen LogP contribution in [0.1, 0.15) is 35.7 Å². The molecule has 0 radical (unpaired) electrons. The second-order valence-electron chi connectivity index (χ2n) is 4.87. The van der Waals surface area contributed by atoms with Gasteiger partial charge in [-0.2, -0.15) is 5.10 Å². The number of rotatable bonds is 4. The van der Waals surface area contributed by atoms with Crippen LogP contribution in [-0.2, 0) is 0 Å². The highest BCUT2D eigenvalue weighted by molar-refractivity contribution is 6.03. The number of benzene rings is 1. The Morgan fingerprint density at radius 2 is 1.85 bits per heavy atom. The predicted octanol–water partition coefficient (Wildman–Crippen LogP) is 3.38. The predicted molar refractivity (Wildman–Crippen MR) is 78.7 cm³/mol. The number of hydrogen-bond donors (Lipinski definition) is 1. The molecule has 1 amide bonds. The van der Waals surface area contributed by atoms with Crippen molar-refractivity contribution in [2.45, 2.75) is 20.8 Å². The Morgan fingerprint density at radius 1 is 1.15 bits per heavy atom. The maximum atomic E-state index is 11.9. The van der Waals surface area contributed by atoms with Gasteiger partial charge in [0, 0.05) is 0 Å². The minimum atomic E-state index is -0.341. The van der Waals surface area contributed by atoms with Crippen LogP contribution < -0.4 is 5.43 Å². The second kappa shape index (κ2) is 6.19. The van der Waals surface area contributed by atoms with Crippen LogP contribution in [0, 0.1) is 12.8 Å². The largest absolute Gasteiger partial charge is 0.456 e. The molecule has 1 heterocycles. The number of nitrogens with zero attached hydrogens (tertiary/aromatic N) is 1. The van der Waals surface area contributed by atoms with Gasteiger partial charge in [0.25, 0.3) is 0 Å². The van der Waals surface area contributed by atoms with E-state index in [2.05, 4.69) is 10.5 Å². The number of carbonyl (C=O) groups excluding carboxylic acids is 1. The number of hydrogen-bond acceptors (Lipinski definition) is 3. The second-order valence-corrected chi connectivity index (χ2v) is 4.87. The Balaban J connectivity index is 2.17. The molecule has 0 aliphatic carbocycles. The lowest BCUT2D eigenvalue weighted by atomic mass is 10.0. The minimum absolute atomic E-state index is 0.205. The average molecular weight is 270 g/mol. The third-order valence-corrected chi connectivity index (χ3v) is 2.86. The van der Waals surface area contributed by atoms with E-state index in [-0.39, 0.29) is 17.6 Å². The minimum Gasteiger partial charge on any atom is -0.456 e. The number of aryl methyl sites for hydroxylation is 1. The fourth-order valence-electron chi connectivity index (χ4n) is 1.86. The smallest absolute Gasteiger partial charge is 0.307 e. The zero-order chi connectivity index (χ0) is 14.5. The number of amides is 1. The molecule has 20 heavy (non-hydrogen) atoms. The molecule has 0 atom stereocenters. The first-order chi connectivity index (χ1) is 9.58. The van der Waals surface area contributed by atoms with E-state index in [1.165, 1.54) is 0 Å². The lowest BCUT2D eigenvalue weighted by molar-refractivity contribution is 0.0926. The Bertz CT molecular complexity index is 612. The highest BCUT2D eigenvalue weighted by atomic mass is 16.3. The SMILES string of the molecule is Cc1ccc(C(=O)NN=C(c2ccccc2)C(C)C)o1. The van der Waals surface area contributed by atoms with Crippen LogP contribution in [0.15, 0.2) is 52.0 Å². The Labute approximate surface area is 118 Å². The summed E-state index contributed by atoms with van der Waals surface area (Å²) in [7, 11) is 0. The van der Waals surface area contributed by atoms with Crippen LogP contribution in [0.2, 0.25) is 0 Å². The Kier molecular flexibility index (Phi) is 4.35. The monoisotopic (exact) mass is 270 g/mol. The van der Waals surface area contributed by atoms with Crippen molar-refractivity contribution in [2.75, 3.05) is 0 Å².